The average molecular weight is 502 g/mol. The summed E-state index contributed by atoms with van der Waals surface area (Å²) in [6.07, 6.45) is 16.6. The minimum absolute atomic E-state index is 0.0498. The van der Waals surface area contributed by atoms with E-state index in [1.165, 1.54) is 19.3 Å². The SMILES string of the molecule is CCCC(=O)Nc1cccc(C(=O)C[C@@H](CC2CCCCC2)C(=O)N2CC=CCC2c2cccnc2)c1. The highest BCUT2D eigenvalue weighted by molar-refractivity contribution is 6.00. The largest absolute Gasteiger partial charge is 0.331 e. The number of hydrogen-bond acceptors (Lipinski definition) is 4. The molecule has 0 spiro atoms. The van der Waals surface area contributed by atoms with Gasteiger partial charge in [-0.05, 0) is 48.9 Å². The first-order valence-electron chi connectivity index (χ1n) is 13.8. The van der Waals surface area contributed by atoms with E-state index in [2.05, 4.69) is 16.4 Å². The van der Waals surface area contributed by atoms with Gasteiger partial charge in [-0.15, -0.1) is 0 Å². The van der Waals surface area contributed by atoms with Crippen LogP contribution in [0, 0.1) is 11.8 Å². The summed E-state index contributed by atoms with van der Waals surface area (Å²) in [7, 11) is 0. The highest BCUT2D eigenvalue weighted by Gasteiger charge is 2.34. The molecule has 2 amide bonds. The lowest BCUT2D eigenvalue weighted by Crippen LogP contribution is -2.42. The number of rotatable bonds is 10. The summed E-state index contributed by atoms with van der Waals surface area (Å²) in [5, 5.41) is 2.88. The number of pyridine rings is 1. The first-order chi connectivity index (χ1) is 18.0. The second-order valence-corrected chi connectivity index (χ2v) is 10.4. The van der Waals surface area contributed by atoms with E-state index in [0.717, 1.165) is 37.7 Å². The van der Waals surface area contributed by atoms with E-state index < -0.39 is 0 Å². The molecule has 0 saturated heterocycles. The molecule has 6 nitrogen and oxygen atoms in total. The van der Waals surface area contributed by atoms with Crippen LogP contribution in [0.15, 0.2) is 60.9 Å². The molecule has 2 aliphatic rings. The lowest BCUT2D eigenvalue weighted by molar-refractivity contribution is -0.138. The van der Waals surface area contributed by atoms with Crippen molar-refractivity contribution in [3.8, 4) is 0 Å². The Bertz CT molecular complexity index is 1090. The summed E-state index contributed by atoms with van der Waals surface area (Å²) in [5.41, 5.74) is 2.19. The number of benzene rings is 1. The van der Waals surface area contributed by atoms with Gasteiger partial charge in [0.2, 0.25) is 11.8 Å². The first-order valence-corrected chi connectivity index (χ1v) is 13.8. The molecule has 1 aliphatic carbocycles. The van der Waals surface area contributed by atoms with Gasteiger partial charge in [-0.25, -0.2) is 0 Å². The summed E-state index contributed by atoms with van der Waals surface area (Å²) in [6.45, 7) is 2.51. The van der Waals surface area contributed by atoms with Crippen molar-refractivity contribution < 1.29 is 14.4 Å². The number of anilines is 1. The predicted molar refractivity (Wildman–Crippen MR) is 146 cm³/mol. The molecule has 2 atom stereocenters. The Morgan fingerprint density at radius 1 is 1.08 bits per heavy atom. The van der Waals surface area contributed by atoms with Crippen molar-refractivity contribution >= 4 is 23.3 Å². The zero-order valence-corrected chi connectivity index (χ0v) is 21.9. The van der Waals surface area contributed by atoms with Crippen molar-refractivity contribution in [2.45, 2.75) is 77.2 Å². The van der Waals surface area contributed by atoms with Crippen LogP contribution in [-0.4, -0.2) is 34.0 Å². The third kappa shape index (κ3) is 7.37. The van der Waals surface area contributed by atoms with Gasteiger partial charge >= 0.3 is 0 Å². The number of amides is 2. The molecule has 0 radical (unpaired) electrons. The molecule has 1 saturated carbocycles. The number of nitrogens with one attached hydrogen (secondary N) is 1. The maximum Gasteiger partial charge on any atom is 0.226 e. The molecule has 1 fully saturated rings. The van der Waals surface area contributed by atoms with Crippen LogP contribution in [0.4, 0.5) is 5.69 Å². The number of hydrogen-bond donors (Lipinski definition) is 1. The number of Topliss-reactive ketones (excluding diaryl/α,β-unsaturated/α-hetero) is 1. The summed E-state index contributed by atoms with van der Waals surface area (Å²) < 4.78 is 0. The Morgan fingerprint density at radius 2 is 1.92 bits per heavy atom. The lowest BCUT2D eigenvalue weighted by Gasteiger charge is -2.37. The molecular weight excluding hydrogens is 462 g/mol. The Kier molecular flexibility index (Phi) is 9.64. The summed E-state index contributed by atoms with van der Waals surface area (Å²) in [6, 6.07) is 11.0. The van der Waals surface area contributed by atoms with Crippen molar-refractivity contribution in [3.05, 3.63) is 72.1 Å². The van der Waals surface area contributed by atoms with E-state index in [-0.39, 0.29) is 36.0 Å². The van der Waals surface area contributed by atoms with Gasteiger partial charge in [0.15, 0.2) is 5.78 Å². The third-order valence-electron chi connectivity index (χ3n) is 7.63. The molecule has 1 aromatic carbocycles. The maximum absolute atomic E-state index is 14.1. The van der Waals surface area contributed by atoms with E-state index >= 15 is 0 Å². The quantitative estimate of drug-likeness (QED) is 0.297. The highest BCUT2D eigenvalue weighted by atomic mass is 16.2. The molecule has 1 aromatic heterocycles. The fourth-order valence-corrected chi connectivity index (χ4v) is 5.69. The summed E-state index contributed by atoms with van der Waals surface area (Å²) >= 11 is 0. The zero-order chi connectivity index (χ0) is 26.0. The number of nitrogens with zero attached hydrogens (tertiary/aromatic N) is 2. The van der Waals surface area contributed by atoms with Gasteiger partial charge in [-0.3, -0.25) is 19.4 Å². The maximum atomic E-state index is 14.1. The molecule has 196 valence electrons. The van der Waals surface area contributed by atoms with Crippen LogP contribution in [0.5, 0.6) is 0 Å². The van der Waals surface area contributed by atoms with Crippen LogP contribution in [0.1, 0.15) is 93.1 Å². The Labute approximate surface area is 220 Å². The van der Waals surface area contributed by atoms with Gasteiger partial charge in [0.25, 0.3) is 0 Å². The molecule has 1 aliphatic heterocycles. The van der Waals surface area contributed by atoms with Crippen LogP contribution in [0.3, 0.4) is 0 Å². The number of carbonyl (C=O) groups excluding carboxylic acids is 3. The van der Waals surface area contributed by atoms with E-state index in [1.807, 2.05) is 36.2 Å². The molecule has 2 heterocycles. The van der Waals surface area contributed by atoms with Crippen LogP contribution in [-0.2, 0) is 9.59 Å². The van der Waals surface area contributed by atoms with Crippen molar-refractivity contribution in [3.63, 3.8) is 0 Å². The number of aromatic nitrogens is 1. The van der Waals surface area contributed by atoms with Crippen molar-refractivity contribution in [2.24, 2.45) is 11.8 Å². The Balaban J connectivity index is 1.53. The molecule has 4 rings (SSSR count). The van der Waals surface area contributed by atoms with Crippen LogP contribution in [0.2, 0.25) is 0 Å². The van der Waals surface area contributed by atoms with Crippen LogP contribution in [0.25, 0.3) is 0 Å². The highest BCUT2D eigenvalue weighted by Crippen LogP contribution is 2.35. The zero-order valence-electron chi connectivity index (χ0n) is 21.9. The normalized spacial score (nSPS) is 18.8. The topological polar surface area (TPSA) is 79.4 Å². The van der Waals surface area contributed by atoms with Gasteiger partial charge in [0.05, 0.1) is 6.04 Å². The predicted octanol–water partition coefficient (Wildman–Crippen LogP) is 6.51. The smallest absolute Gasteiger partial charge is 0.226 e. The molecular formula is C31H39N3O3. The van der Waals surface area contributed by atoms with Gasteiger partial charge in [0.1, 0.15) is 0 Å². The molecule has 1 unspecified atom stereocenters. The molecule has 37 heavy (non-hydrogen) atoms. The van der Waals surface area contributed by atoms with Gasteiger partial charge in [0, 0.05) is 48.9 Å². The van der Waals surface area contributed by atoms with Gasteiger partial charge in [-0.2, -0.15) is 0 Å². The minimum Gasteiger partial charge on any atom is -0.331 e. The van der Waals surface area contributed by atoms with E-state index in [0.29, 0.717) is 30.1 Å². The summed E-state index contributed by atoms with van der Waals surface area (Å²) in [4.78, 5) is 45.8. The van der Waals surface area contributed by atoms with Crippen LogP contribution < -0.4 is 5.32 Å². The molecule has 0 bridgehead atoms. The van der Waals surface area contributed by atoms with E-state index in [4.69, 9.17) is 0 Å². The second-order valence-electron chi connectivity index (χ2n) is 10.4. The van der Waals surface area contributed by atoms with E-state index in [9.17, 15) is 14.4 Å². The fourth-order valence-electron chi connectivity index (χ4n) is 5.69. The molecule has 6 heteroatoms. The molecule has 1 N–H and O–H groups in total. The van der Waals surface area contributed by atoms with Crippen molar-refractivity contribution in [1.29, 1.82) is 0 Å². The van der Waals surface area contributed by atoms with E-state index in [1.54, 1.807) is 30.5 Å². The van der Waals surface area contributed by atoms with Crippen LogP contribution >= 0.6 is 0 Å². The van der Waals surface area contributed by atoms with Gasteiger partial charge < -0.3 is 10.2 Å². The summed E-state index contributed by atoms with van der Waals surface area (Å²) in [5.74, 6) is 0.0692. The fraction of sp³-hybridized carbons (Fsp3) is 0.484. The molecule has 2 aromatic rings. The standard InChI is InChI=1S/C31H39N3O3/c1-2-10-30(36)33-27-15-8-13-24(20-27)29(35)21-26(19-23-11-4-3-5-12-23)31(37)34-18-7-6-16-28(34)25-14-9-17-32-22-25/h6-9,13-15,17,20,22-23,26,28H,2-5,10-12,16,18-19,21H2,1H3,(H,33,36)/t26-,28?/m1/s1. The number of ketones is 1. The first kappa shape index (κ1) is 26.8. The Hall–Kier alpha value is -3.28. The minimum atomic E-state index is -0.361. The van der Waals surface area contributed by atoms with Gasteiger partial charge in [-0.1, -0.05) is 69.4 Å². The second kappa shape index (κ2) is 13.3. The lowest BCUT2D eigenvalue weighted by atomic mass is 9.80. The third-order valence-corrected chi connectivity index (χ3v) is 7.63. The van der Waals surface area contributed by atoms with Crippen molar-refractivity contribution in [1.82, 2.24) is 9.88 Å². The number of carbonyl (C=O) groups is 3. The van der Waals surface area contributed by atoms with Crippen molar-refractivity contribution in [2.75, 3.05) is 11.9 Å². The Morgan fingerprint density at radius 3 is 2.68 bits per heavy atom. The average Bonchev–Trinajstić information content (AvgIpc) is 2.93. The monoisotopic (exact) mass is 501 g/mol.